The number of benzene rings is 1. The van der Waals surface area contributed by atoms with Gasteiger partial charge in [0.1, 0.15) is 5.82 Å². The molecule has 1 aromatic heterocycles. The Balaban J connectivity index is 2.10. The molecule has 2 aromatic rings. The Labute approximate surface area is 91.3 Å². The van der Waals surface area contributed by atoms with Crippen molar-refractivity contribution in [2.24, 2.45) is 0 Å². The van der Waals surface area contributed by atoms with Gasteiger partial charge in [0.2, 0.25) is 5.89 Å². The molecule has 0 atom stereocenters. The van der Waals surface area contributed by atoms with Crippen molar-refractivity contribution >= 4 is 6.01 Å². The highest BCUT2D eigenvalue weighted by molar-refractivity contribution is 5.39. The molecule has 0 amide bonds. The van der Waals surface area contributed by atoms with Crippen LogP contribution in [0.5, 0.6) is 0 Å². The zero-order chi connectivity index (χ0) is 11.2. The van der Waals surface area contributed by atoms with Crippen molar-refractivity contribution in [2.45, 2.75) is 18.3 Å². The summed E-state index contributed by atoms with van der Waals surface area (Å²) < 4.78 is 18.9. The van der Waals surface area contributed by atoms with Gasteiger partial charge in [0, 0.05) is 5.56 Å². The van der Waals surface area contributed by atoms with Gasteiger partial charge in [-0.1, -0.05) is 23.3 Å². The third-order valence-corrected chi connectivity index (χ3v) is 2.99. The van der Waals surface area contributed by atoms with Gasteiger partial charge in [-0.25, -0.2) is 4.39 Å². The second-order valence-electron chi connectivity index (χ2n) is 4.01. The van der Waals surface area contributed by atoms with Gasteiger partial charge in [0.25, 0.3) is 0 Å². The maximum atomic E-state index is 13.7. The first-order chi connectivity index (χ1) is 7.72. The van der Waals surface area contributed by atoms with Crippen LogP contribution in [0.3, 0.4) is 0 Å². The normalized spacial score (nSPS) is 17.3. The number of hydrogen-bond donors (Lipinski definition) is 1. The van der Waals surface area contributed by atoms with Crippen molar-refractivity contribution < 1.29 is 8.81 Å². The Kier molecular flexibility index (Phi) is 1.77. The number of hydrogen-bond acceptors (Lipinski definition) is 4. The lowest BCUT2D eigenvalue weighted by Gasteiger charge is -2.11. The van der Waals surface area contributed by atoms with Crippen molar-refractivity contribution in [1.29, 1.82) is 0 Å². The van der Waals surface area contributed by atoms with Crippen LogP contribution in [0.1, 0.15) is 24.3 Å². The number of anilines is 1. The molecule has 1 aliphatic carbocycles. The number of nitrogens with zero attached hydrogens (tertiary/aromatic N) is 2. The van der Waals surface area contributed by atoms with Gasteiger partial charge in [-0.15, -0.1) is 5.10 Å². The van der Waals surface area contributed by atoms with Crippen LogP contribution < -0.4 is 5.73 Å². The van der Waals surface area contributed by atoms with Crippen molar-refractivity contribution in [2.75, 3.05) is 5.73 Å². The lowest BCUT2D eigenvalue weighted by molar-refractivity contribution is 0.464. The van der Waals surface area contributed by atoms with E-state index in [2.05, 4.69) is 10.2 Å². The molecule has 82 valence electrons. The van der Waals surface area contributed by atoms with E-state index >= 15 is 0 Å². The Morgan fingerprint density at radius 1 is 1.25 bits per heavy atom. The minimum absolute atomic E-state index is 0.0256. The zero-order valence-electron chi connectivity index (χ0n) is 8.48. The van der Waals surface area contributed by atoms with E-state index in [4.69, 9.17) is 10.2 Å². The van der Waals surface area contributed by atoms with E-state index in [1.807, 2.05) is 0 Å². The number of nitrogen functional groups attached to an aromatic ring is 1. The molecule has 0 saturated heterocycles. The molecule has 1 fully saturated rings. The largest absolute Gasteiger partial charge is 0.407 e. The molecule has 0 bridgehead atoms. The van der Waals surface area contributed by atoms with Gasteiger partial charge in [-0.2, -0.15) is 0 Å². The first kappa shape index (κ1) is 9.33. The SMILES string of the molecule is Nc1nnc(C2(c3ccccc3F)CC2)o1. The van der Waals surface area contributed by atoms with Crippen LogP contribution in [0.4, 0.5) is 10.4 Å². The first-order valence-corrected chi connectivity index (χ1v) is 5.07. The van der Waals surface area contributed by atoms with Crippen LogP contribution in [-0.4, -0.2) is 10.2 Å². The highest BCUT2D eigenvalue weighted by atomic mass is 19.1. The highest BCUT2D eigenvalue weighted by Crippen LogP contribution is 2.53. The average Bonchev–Trinajstić information content (AvgIpc) is 2.96. The van der Waals surface area contributed by atoms with E-state index in [1.165, 1.54) is 6.07 Å². The lowest BCUT2D eigenvalue weighted by atomic mass is 9.95. The Morgan fingerprint density at radius 2 is 2.00 bits per heavy atom. The van der Waals surface area contributed by atoms with E-state index in [-0.39, 0.29) is 11.8 Å². The second-order valence-corrected chi connectivity index (χ2v) is 4.01. The average molecular weight is 219 g/mol. The third kappa shape index (κ3) is 1.21. The topological polar surface area (TPSA) is 64.9 Å². The van der Waals surface area contributed by atoms with Crippen LogP contribution in [-0.2, 0) is 5.41 Å². The number of nitrogens with two attached hydrogens (primary N) is 1. The summed E-state index contributed by atoms with van der Waals surface area (Å²) in [6, 6.07) is 6.69. The monoisotopic (exact) mass is 219 g/mol. The summed E-state index contributed by atoms with van der Waals surface area (Å²) in [4.78, 5) is 0. The van der Waals surface area contributed by atoms with Crippen LogP contribution in [0.15, 0.2) is 28.7 Å². The molecule has 4 nitrogen and oxygen atoms in total. The third-order valence-electron chi connectivity index (χ3n) is 2.99. The smallest absolute Gasteiger partial charge is 0.312 e. The minimum Gasteiger partial charge on any atom is -0.407 e. The standard InChI is InChI=1S/C11H10FN3O/c12-8-4-2-1-3-7(8)11(5-6-11)9-14-15-10(13)16-9/h1-4H,5-6H2,(H2,13,15). The van der Waals surface area contributed by atoms with E-state index in [0.29, 0.717) is 11.5 Å². The van der Waals surface area contributed by atoms with Crippen LogP contribution in [0.25, 0.3) is 0 Å². The molecule has 0 aliphatic heterocycles. The lowest BCUT2D eigenvalue weighted by Crippen LogP contribution is -2.11. The molecule has 16 heavy (non-hydrogen) atoms. The van der Waals surface area contributed by atoms with E-state index in [1.54, 1.807) is 18.2 Å². The summed E-state index contributed by atoms with van der Waals surface area (Å²) in [5, 5.41) is 7.48. The fourth-order valence-electron chi connectivity index (χ4n) is 2.00. The van der Waals surface area contributed by atoms with Crippen molar-refractivity contribution in [3.05, 3.63) is 41.5 Å². The molecular formula is C11H10FN3O. The van der Waals surface area contributed by atoms with Gasteiger partial charge in [0.05, 0.1) is 5.41 Å². The fraction of sp³-hybridized carbons (Fsp3) is 0.273. The molecule has 0 radical (unpaired) electrons. The van der Waals surface area contributed by atoms with Crippen LogP contribution in [0.2, 0.25) is 0 Å². The van der Waals surface area contributed by atoms with Crippen LogP contribution >= 0.6 is 0 Å². The number of aromatic nitrogens is 2. The predicted molar refractivity (Wildman–Crippen MR) is 55.1 cm³/mol. The Morgan fingerprint density at radius 3 is 2.56 bits per heavy atom. The Hall–Kier alpha value is -1.91. The van der Waals surface area contributed by atoms with Crippen molar-refractivity contribution in [3.63, 3.8) is 0 Å². The van der Waals surface area contributed by atoms with Gasteiger partial charge >= 0.3 is 6.01 Å². The second kappa shape index (κ2) is 3.04. The molecule has 3 rings (SSSR count). The molecule has 1 aromatic carbocycles. The van der Waals surface area contributed by atoms with Crippen LogP contribution in [0, 0.1) is 5.82 Å². The van der Waals surface area contributed by atoms with E-state index in [0.717, 1.165) is 12.8 Å². The summed E-state index contributed by atoms with van der Waals surface area (Å²) in [5.74, 6) is 0.173. The van der Waals surface area contributed by atoms with E-state index < -0.39 is 5.41 Å². The number of halogens is 1. The summed E-state index contributed by atoms with van der Waals surface area (Å²) >= 11 is 0. The summed E-state index contributed by atoms with van der Waals surface area (Å²) in [6.45, 7) is 0. The molecule has 0 spiro atoms. The molecule has 2 N–H and O–H groups in total. The van der Waals surface area contributed by atoms with Gasteiger partial charge in [0.15, 0.2) is 0 Å². The number of rotatable bonds is 2. The molecule has 1 saturated carbocycles. The van der Waals surface area contributed by atoms with Gasteiger partial charge < -0.3 is 10.2 Å². The maximum Gasteiger partial charge on any atom is 0.312 e. The molecule has 1 aliphatic rings. The zero-order valence-corrected chi connectivity index (χ0v) is 8.48. The molecule has 1 heterocycles. The Bertz CT molecular complexity index is 534. The molecule has 0 unspecified atom stereocenters. The predicted octanol–water partition coefficient (Wildman–Crippen LogP) is 1.87. The molecular weight excluding hydrogens is 209 g/mol. The first-order valence-electron chi connectivity index (χ1n) is 5.07. The fourth-order valence-corrected chi connectivity index (χ4v) is 2.00. The summed E-state index contributed by atoms with van der Waals surface area (Å²) in [5.41, 5.74) is 5.55. The minimum atomic E-state index is -0.448. The quantitative estimate of drug-likeness (QED) is 0.837. The van der Waals surface area contributed by atoms with Gasteiger partial charge in [-0.3, -0.25) is 0 Å². The van der Waals surface area contributed by atoms with Crippen molar-refractivity contribution in [1.82, 2.24) is 10.2 Å². The van der Waals surface area contributed by atoms with E-state index in [9.17, 15) is 4.39 Å². The summed E-state index contributed by atoms with van der Waals surface area (Å²) in [7, 11) is 0. The van der Waals surface area contributed by atoms with Gasteiger partial charge in [-0.05, 0) is 18.9 Å². The summed E-state index contributed by atoms with van der Waals surface area (Å²) in [6.07, 6.45) is 1.63. The highest BCUT2D eigenvalue weighted by Gasteiger charge is 2.52. The molecule has 5 heteroatoms. The maximum absolute atomic E-state index is 13.7. The van der Waals surface area contributed by atoms with Crippen molar-refractivity contribution in [3.8, 4) is 0 Å².